The minimum Gasteiger partial charge on any atom is -0.446 e. The Bertz CT molecular complexity index is 1260. The summed E-state index contributed by atoms with van der Waals surface area (Å²) in [6, 6.07) is 13.3. The summed E-state index contributed by atoms with van der Waals surface area (Å²) in [5.41, 5.74) is 1.27. The van der Waals surface area contributed by atoms with Crippen molar-refractivity contribution in [2.75, 3.05) is 0 Å². The summed E-state index contributed by atoms with van der Waals surface area (Å²) < 4.78 is 12.0. The van der Waals surface area contributed by atoms with Crippen molar-refractivity contribution < 1.29 is 24.0 Å². The van der Waals surface area contributed by atoms with Crippen molar-refractivity contribution in [1.82, 2.24) is 9.99 Å². The third kappa shape index (κ3) is 4.88. The van der Waals surface area contributed by atoms with Gasteiger partial charge in [0.15, 0.2) is 0 Å². The van der Waals surface area contributed by atoms with Gasteiger partial charge in [0.2, 0.25) is 18.0 Å². The minimum absolute atomic E-state index is 0.122. The van der Waals surface area contributed by atoms with E-state index < -0.39 is 17.1 Å². The Morgan fingerprint density at radius 2 is 1.82 bits per heavy atom. The summed E-state index contributed by atoms with van der Waals surface area (Å²) in [5, 5.41) is 16.2. The second-order valence-electron chi connectivity index (χ2n) is 6.89. The van der Waals surface area contributed by atoms with Crippen LogP contribution in [0.2, 0.25) is 0 Å². The van der Waals surface area contributed by atoms with Crippen LogP contribution in [0.3, 0.4) is 0 Å². The van der Waals surface area contributed by atoms with Gasteiger partial charge in [0, 0.05) is 41.5 Å². The molecule has 0 saturated carbocycles. The number of aromatic nitrogens is 1. The Hall–Kier alpha value is -4.12. The molecule has 3 aromatic rings. The van der Waals surface area contributed by atoms with Crippen LogP contribution < -0.4 is 4.74 Å². The Balaban J connectivity index is 1.48. The fraction of sp³-hybridized carbons (Fsp3) is 0.0909. The molecule has 10 nitrogen and oxygen atoms in total. The molecule has 1 unspecified atom stereocenters. The molecule has 0 bridgehead atoms. The van der Waals surface area contributed by atoms with Crippen LogP contribution in [0.15, 0.2) is 76.6 Å². The highest BCUT2D eigenvalue weighted by molar-refractivity contribution is 9.10. The number of benzene rings is 2. The van der Waals surface area contributed by atoms with Crippen LogP contribution in [0, 0.1) is 10.1 Å². The lowest BCUT2D eigenvalue weighted by Crippen LogP contribution is -2.25. The number of hydrazone groups is 1. The zero-order valence-corrected chi connectivity index (χ0v) is 18.6. The van der Waals surface area contributed by atoms with E-state index in [2.05, 4.69) is 26.0 Å². The maximum absolute atomic E-state index is 12.3. The fourth-order valence-electron chi connectivity index (χ4n) is 3.01. The standard InChI is InChI=1S/C22H15BrN4O6/c1-13(28)26-21(33-20(25-26)16-10-17(23)12-24-11-16)14-4-8-19(9-5-14)32-22(29)15-2-6-18(7-3-15)27(30)31/h2-12,21H,1H3. The van der Waals surface area contributed by atoms with Gasteiger partial charge in [0.1, 0.15) is 5.75 Å². The molecule has 4 rings (SSSR count). The van der Waals surface area contributed by atoms with Crippen molar-refractivity contribution in [2.24, 2.45) is 5.10 Å². The molecular weight excluding hydrogens is 496 g/mol. The van der Waals surface area contributed by atoms with Crippen LogP contribution in [0.4, 0.5) is 5.69 Å². The zero-order valence-electron chi connectivity index (χ0n) is 17.0. The molecule has 166 valence electrons. The highest BCUT2D eigenvalue weighted by Gasteiger charge is 2.33. The Morgan fingerprint density at radius 1 is 1.12 bits per heavy atom. The molecule has 1 aliphatic rings. The number of amides is 1. The Kier molecular flexibility index (Phi) is 6.13. The summed E-state index contributed by atoms with van der Waals surface area (Å²) in [6.07, 6.45) is 2.40. The molecule has 1 atom stereocenters. The van der Waals surface area contributed by atoms with E-state index in [-0.39, 0.29) is 28.8 Å². The van der Waals surface area contributed by atoms with Crippen molar-refractivity contribution in [3.05, 3.63) is 98.3 Å². The van der Waals surface area contributed by atoms with E-state index in [0.29, 0.717) is 11.1 Å². The fourth-order valence-corrected chi connectivity index (χ4v) is 3.38. The minimum atomic E-state index is -0.795. The number of ether oxygens (including phenoxy) is 2. The first-order valence-electron chi connectivity index (χ1n) is 9.54. The second-order valence-corrected chi connectivity index (χ2v) is 7.81. The molecule has 1 aliphatic heterocycles. The quantitative estimate of drug-likeness (QED) is 0.218. The van der Waals surface area contributed by atoms with Crippen LogP contribution in [0.1, 0.15) is 34.6 Å². The molecule has 0 fully saturated rings. The number of halogens is 1. The van der Waals surface area contributed by atoms with Crippen molar-refractivity contribution in [1.29, 1.82) is 0 Å². The smallest absolute Gasteiger partial charge is 0.343 e. The lowest BCUT2D eigenvalue weighted by atomic mass is 10.1. The van der Waals surface area contributed by atoms with Crippen LogP contribution in [-0.4, -0.2) is 32.7 Å². The van der Waals surface area contributed by atoms with E-state index in [4.69, 9.17) is 9.47 Å². The molecule has 0 saturated heterocycles. The van der Waals surface area contributed by atoms with Crippen molar-refractivity contribution in [2.45, 2.75) is 13.2 Å². The number of hydrogen-bond acceptors (Lipinski definition) is 8. The van der Waals surface area contributed by atoms with Crippen molar-refractivity contribution in [3.8, 4) is 5.75 Å². The van der Waals surface area contributed by atoms with Crippen LogP contribution in [-0.2, 0) is 9.53 Å². The highest BCUT2D eigenvalue weighted by atomic mass is 79.9. The van der Waals surface area contributed by atoms with Gasteiger partial charge < -0.3 is 9.47 Å². The largest absolute Gasteiger partial charge is 0.446 e. The van der Waals surface area contributed by atoms with Gasteiger partial charge in [-0.05, 0) is 58.4 Å². The van der Waals surface area contributed by atoms with Gasteiger partial charge in [-0.15, -0.1) is 5.10 Å². The molecular formula is C22H15BrN4O6. The average molecular weight is 511 g/mol. The van der Waals surface area contributed by atoms with Gasteiger partial charge in [-0.3, -0.25) is 19.9 Å². The molecule has 33 heavy (non-hydrogen) atoms. The molecule has 11 heteroatoms. The maximum atomic E-state index is 12.3. The Morgan fingerprint density at radius 3 is 2.42 bits per heavy atom. The first-order chi connectivity index (χ1) is 15.8. The number of carbonyl (C=O) groups is 2. The number of nitrogens with zero attached hydrogens (tertiary/aromatic N) is 4. The van der Waals surface area contributed by atoms with E-state index in [1.807, 2.05) is 0 Å². The summed E-state index contributed by atoms with van der Waals surface area (Å²) in [6.45, 7) is 1.38. The van der Waals surface area contributed by atoms with Crippen molar-refractivity contribution >= 4 is 39.4 Å². The Labute approximate surface area is 195 Å². The second kappa shape index (κ2) is 9.17. The van der Waals surface area contributed by atoms with Crippen LogP contribution in [0.25, 0.3) is 0 Å². The van der Waals surface area contributed by atoms with Gasteiger partial charge in [0.05, 0.1) is 16.1 Å². The summed E-state index contributed by atoms with van der Waals surface area (Å²) in [7, 11) is 0. The normalized spacial score (nSPS) is 14.9. The number of hydrogen-bond donors (Lipinski definition) is 0. The number of carbonyl (C=O) groups excluding carboxylic acids is 2. The van der Waals surface area contributed by atoms with Crippen LogP contribution in [0.5, 0.6) is 5.75 Å². The van der Waals surface area contributed by atoms with Gasteiger partial charge >= 0.3 is 5.97 Å². The summed E-state index contributed by atoms with van der Waals surface area (Å²) in [5.74, 6) is -0.469. The van der Waals surface area contributed by atoms with E-state index in [0.717, 1.165) is 4.47 Å². The molecule has 1 amide bonds. The van der Waals surface area contributed by atoms with E-state index in [9.17, 15) is 19.7 Å². The molecule has 1 aromatic heterocycles. The first-order valence-corrected chi connectivity index (χ1v) is 10.3. The van der Waals surface area contributed by atoms with Gasteiger partial charge in [-0.25, -0.2) is 4.79 Å². The average Bonchev–Trinajstić information content (AvgIpc) is 3.26. The van der Waals surface area contributed by atoms with Gasteiger partial charge in [-0.2, -0.15) is 5.01 Å². The lowest BCUT2D eigenvalue weighted by molar-refractivity contribution is -0.384. The first kappa shape index (κ1) is 22.1. The van der Waals surface area contributed by atoms with E-state index in [1.54, 1.807) is 42.7 Å². The predicted molar refractivity (Wildman–Crippen MR) is 119 cm³/mol. The highest BCUT2D eigenvalue weighted by Crippen LogP contribution is 2.31. The third-order valence-electron chi connectivity index (χ3n) is 4.61. The summed E-state index contributed by atoms with van der Waals surface area (Å²) in [4.78, 5) is 38.7. The molecule has 0 aliphatic carbocycles. The molecule has 0 N–H and O–H groups in total. The van der Waals surface area contributed by atoms with Crippen LogP contribution >= 0.6 is 15.9 Å². The van der Waals surface area contributed by atoms with E-state index >= 15 is 0 Å². The molecule has 0 spiro atoms. The number of non-ortho nitro benzene ring substituents is 1. The molecule has 2 heterocycles. The number of esters is 1. The number of pyridine rings is 1. The predicted octanol–water partition coefficient (Wildman–Crippen LogP) is 4.21. The van der Waals surface area contributed by atoms with Gasteiger partial charge in [0.25, 0.3) is 5.69 Å². The maximum Gasteiger partial charge on any atom is 0.343 e. The topological polar surface area (TPSA) is 124 Å². The number of nitro groups is 1. The zero-order chi connectivity index (χ0) is 23.5. The third-order valence-corrected chi connectivity index (χ3v) is 5.04. The number of rotatable bonds is 5. The lowest BCUT2D eigenvalue weighted by Gasteiger charge is -2.19. The van der Waals surface area contributed by atoms with E-state index in [1.165, 1.54) is 36.2 Å². The van der Waals surface area contributed by atoms with Crippen molar-refractivity contribution in [3.63, 3.8) is 0 Å². The summed E-state index contributed by atoms with van der Waals surface area (Å²) >= 11 is 3.34. The van der Waals surface area contributed by atoms with Gasteiger partial charge in [-0.1, -0.05) is 0 Å². The SMILES string of the molecule is CC(=O)N1N=C(c2cncc(Br)c2)OC1c1ccc(OC(=O)c2ccc([N+](=O)[O-])cc2)cc1. The monoisotopic (exact) mass is 510 g/mol. The molecule has 0 radical (unpaired) electrons. The molecule has 2 aromatic carbocycles. The number of nitro benzene ring substituents is 1.